The summed E-state index contributed by atoms with van der Waals surface area (Å²) in [5.41, 5.74) is 6.05. The number of rotatable bonds is 2. The summed E-state index contributed by atoms with van der Waals surface area (Å²) in [4.78, 5) is 3.90. The van der Waals surface area contributed by atoms with E-state index in [1.54, 1.807) is 12.5 Å². The lowest BCUT2D eigenvalue weighted by molar-refractivity contribution is 0.318. The van der Waals surface area contributed by atoms with E-state index in [1.165, 1.54) is 0 Å². The van der Waals surface area contributed by atoms with Gasteiger partial charge in [-0.2, -0.15) is 0 Å². The van der Waals surface area contributed by atoms with Gasteiger partial charge in [0, 0.05) is 6.04 Å². The molecule has 0 aromatic carbocycles. The molecule has 1 aromatic rings. The van der Waals surface area contributed by atoms with Crippen LogP contribution in [-0.2, 0) is 0 Å². The summed E-state index contributed by atoms with van der Waals surface area (Å²) < 4.78 is 1.83. The molecule has 0 aliphatic carbocycles. The molecule has 0 amide bonds. The number of hydrogen-bond donors (Lipinski definition) is 2. The third-order valence-electron chi connectivity index (χ3n) is 1.59. The average Bonchev–Trinajstić information content (AvgIpc) is 2.50. The predicted octanol–water partition coefficient (Wildman–Crippen LogP) is 0.558. The third-order valence-corrected chi connectivity index (χ3v) is 1.59. The van der Waals surface area contributed by atoms with Crippen LogP contribution in [0.1, 0.15) is 25.6 Å². The smallest absolute Gasteiger partial charge is 0.188 e. The molecular weight excluding hydrogens is 156 g/mol. The molecule has 5 nitrogen and oxygen atoms in total. The van der Waals surface area contributed by atoms with E-state index in [0.717, 1.165) is 0 Å². The zero-order valence-electron chi connectivity index (χ0n) is 7.10. The molecule has 0 bridgehead atoms. The van der Waals surface area contributed by atoms with Gasteiger partial charge in [0.1, 0.15) is 5.69 Å². The molecule has 1 heterocycles. The largest absolute Gasteiger partial charge is 0.409 e. The first-order valence-corrected chi connectivity index (χ1v) is 3.66. The van der Waals surface area contributed by atoms with E-state index >= 15 is 0 Å². The minimum atomic E-state index is 0.0844. The summed E-state index contributed by atoms with van der Waals surface area (Å²) in [6, 6.07) is 0.253. The Hall–Kier alpha value is -1.52. The van der Waals surface area contributed by atoms with Crippen molar-refractivity contribution in [1.82, 2.24) is 9.55 Å². The van der Waals surface area contributed by atoms with Crippen molar-refractivity contribution >= 4 is 5.84 Å². The standard InChI is InChI=1S/C7H12N4O/c1-5(2)11-4-9-3-6(11)7(8)10-12/h3-5,12H,1-2H3,(H2,8,10). The molecule has 0 fully saturated rings. The van der Waals surface area contributed by atoms with Gasteiger partial charge >= 0.3 is 0 Å². The lowest BCUT2D eigenvalue weighted by atomic mass is 10.3. The maximum atomic E-state index is 8.43. The van der Waals surface area contributed by atoms with Crippen LogP contribution in [0.25, 0.3) is 0 Å². The van der Waals surface area contributed by atoms with E-state index < -0.39 is 0 Å². The van der Waals surface area contributed by atoms with Crippen LogP contribution in [0.2, 0.25) is 0 Å². The van der Waals surface area contributed by atoms with Crippen LogP contribution < -0.4 is 5.73 Å². The molecule has 0 spiro atoms. The maximum Gasteiger partial charge on any atom is 0.188 e. The molecule has 0 atom stereocenters. The first kappa shape index (κ1) is 8.58. The van der Waals surface area contributed by atoms with Gasteiger partial charge in [-0.3, -0.25) is 0 Å². The summed E-state index contributed by atoms with van der Waals surface area (Å²) in [6.45, 7) is 3.99. The molecule has 12 heavy (non-hydrogen) atoms. The van der Waals surface area contributed by atoms with E-state index in [1.807, 2.05) is 18.4 Å². The second kappa shape index (κ2) is 3.25. The van der Waals surface area contributed by atoms with Gasteiger partial charge in [0.2, 0.25) is 0 Å². The van der Waals surface area contributed by atoms with Gasteiger partial charge in [-0.1, -0.05) is 5.16 Å². The van der Waals surface area contributed by atoms with Crippen molar-refractivity contribution in [2.45, 2.75) is 19.9 Å². The molecule has 0 saturated heterocycles. The molecule has 66 valence electrons. The van der Waals surface area contributed by atoms with Gasteiger partial charge in [0.15, 0.2) is 5.84 Å². The zero-order chi connectivity index (χ0) is 9.14. The number of aromatic nitrogens is 2. The molecule has 0 saturated carbocycles. The third kappa shape index (κ3) is 1.39. The van der Waals surface area contributed by atoms with Crippen LogP contribution in [0, 0.1) is 0 Å². The molecule has 0 aliphatic heterocycles. The van der Waals surface area contributed by atoms with Gasteiger partial charge in [0.05, 0.1) is 12.5 Å². The van der Waals surface area contributed by atoms with Crippen molar-refractivity contribution in [1.29, 1.82) is 0 Å². The van der Waals surface area contributed by atoms with Gasteiger partial charge in [0.25, 0.3) is 0 Å². The topological polar surface area (TPSA) is 76.4 Å². The summed E-state index contributed by atoms with van der Waals surface area (Å²) in [5, 5.41) is 11.3. The van der Waals surface area contributed by atoms with Gasteiger partial charge in [-0.15, -0.1) is 0 Å². The molecule has 0 unspecified atom stereocenters. The predicted molar refractivity (Wildman–Crippen MR) is 45.1 cm³/mol. The average molecular weight is 168 g/mol. The monoisotopic (exact) mass is 168 g/mol. The van der Waals surface area contributed by atoms with Crippen LogP contribution >= 0.6 is 0 Å². The summed E-state index contributed by atoms with van der Waals surface area (Å²) in [7, 11) is 0. The van der Waals surface area contributed by atoms with Gasteiger partial charge in [-0.25, -0.2) is 4.98 Å². The Bertz CT molecular complexity index is 289. The summed E-state index contributed by atoms with van der Waals surface area (Å²) >= 11 is 0. The van der Waals surface area contributed by atoms with Crippen molar-refractivity contribution in [2.75, 3.05) is 0 Å². The molecule has 5 heteroatoms. The molecule has 0 aliphatic rings. The lowest BCUT2D eigenvalue weighted by Gasteiger charge is -2.09. The van der Waals surface area contributed by atoms with Gasteiger partial charge < -0.3 is 15.5 Å². The van der Waals surface area contributed by atoms with E-state index in [0.29, 0.717) is 5.69 Å². The van der Waals surface area contributed by atoms with Crippen molar-refractivity contribution in [3.05, 3.63) is 18.2 Å². The van der Waals surface area contributed by atoms with Gasteiger partial charge in [-0.05, 0) is 13.8 Å². The summed E-state index contributed by atoms with van der Waals surface area (Å²) in [6.07, 6.45) is 3.22. The molecule has 1 aromatic heterocycles. The number of nitrogens with zero attached hydrogens (tertiary/aromatic N) is 3. The van der Waals surface area contributed by atoms with Crippen molar-refractivity contribution in [2.24, 2.45) is 10.9 Å². The number of nitrogens with two attached hydrogens (primary N) is 1. The number of amidine groups is 1. The maximum absolute atomic E-state index is 8.43. The van der Waals surface area contributed by atoms with E-state index in [-0.39, 0.29) is 11.9 Å². The number of hydrogen-bond acceptors (Lipinski definition) is 3. The lowest BCUT2D eigenvalue weighted by Crippen LogP contribution is -2.18. The Morgan fingerprint density at radius 2 is 2.42 bits per heavy atom. The Balaban J connectivity index is 3.07. The fourth-order valence-corrected chi connectivity index (χ4v) is 0.966. The Morgan fingerprint density at radius 3 is 2.92 bits per heavy atom. The van der Waals surface area contributed by atoms with Crippen LogP contribution in [0.5, 0.6) is 0 Å². The van der Waals surface area contributed by atoms with E-state index in [9.17, 15) is 0 Å². The molecule has 3 N–H and O–H groups in total. The van der Waals surface area contributed by atoms with Crippen molar-refractivity contribution in [3.8, 4) is 0 Å². The normalized spacial score (nSPS) is 12.4. The van der Waals surface area contributed by atoms with Crippen LogP contribution in [0.3, 0.4) is 0 Å². The van der Waals surface area contributed by atoms with E-state index in [2.05, 4.69) is 10.1 Å². The quantitative estimate of drug-likeness (QED) is 0.293. The SMILES string of the molecule is CC(C)n1cncc1C(N)=NO. The second-order valence-electron chi connectivity index (χ2n) is 2.77. The molecular formula is C7H12N4O. The Morgan fingerprint density at radius 1 is 1.75 bits per heavy atom. The van der Waals surface area contributed by atoms with Crippen LogP contribution in [0.15, 0.2) is 17.7 Å². The number of imidazole rings is 1. The molecule has 0 radical (unpaired) electrons. The number of oxime groups is 1. The minimum Gasteiger partial charge on any atom is -0.409 e. The fourth-order valence-electron chi connectivity index (χ4n) is 0.966. The summed E-state index contributed by atoms with van der Waals surface area (Å²) in [5.74, 6) is 0.0844. The minimum absolute atomic E-state index is 0.0844. The highest BCUT2D eigenvalue weighted by Crippen LogP contribution is 2.07. The van der Waals surface area contributed by atoms with Crippen molar-refractivity contribution < 1.29 is 5.21 Å². The zero-order valence-corrected chi connectivity index (χ0v) is 7.10. The molecule has 1 rings (SSSR count). The Kier molecular flexibility index (Phi) is 2.32. The fraction of sp³-hybridized carbons (Fsp3) is 0.429. The highest BCUT2D eigenvalue weighted by molar-refractivity contribution is 5.95. The van der Waals surface area contributed by atoms with Crippen LogP contribution in [0.4, 0.5) is 0 Å². The second-order valence-corrected chi connectivity index (χ2v) is 2.77. The highest BCUT2D eigenvalue weighted by atomic mass is 16.4. The first-order valence-electron chi connectivity index (χ1n) is 3.66. The van der Waals surface area contributed by atoms with Crippen LogP contribution in [-0.4, -0.2) is 20.6 Å². The highest BCUT2D eigenvalue weighted by Gasteiger charge is 2.08. The first-order chi connectivity index (χ1) is 5.66. The van der Waals surface area contributed by atoms with E-state index in [4.69, 9.17) is 10.9 Å². The van der Waals surface area contributed by atoms with Crippen molar-refractivity contribution in [3.63, 3.8) is 0 Å². The Labute approximate surface area is 70.5 Å².